The van der Waals surface area contributed by atoms with Crippen LogP contribution < -0.4 is 5.56 Å². The number of ether oxygens (including phenoxy) is 2. The molecule has 1 saturated carbocycles. The van der Waals surface area contributed by atoms with Gasteiger partial charge in [-0.2, -0.15) is 0 Å². The van der Waals surface area contributed by atoms with Crippen LogP contribution in [0.5, 0.6) is 0 Å². The third-order valence-electron chi connectivity index (χ3n) is 3.71. The zero-order valence-electron chi connectivity index (χ0n) is 11.3. The van der Waals surface area contributed by atoms with Gasteiger partial charge in [0.1, 0.15) is 5.56 Å². The quantitative estimate of drug-likeness (QED) is 0.781. The number of carbonyl (C=O) groups is 1. The van der Waals surface area contributed by atoms with Crippen LogP contribution in [-0.4, -0.2) is 30.9 Å². The molecule has 1 heterocycles. The first-order valence-electron chi connectivity index (χ1n) is 6.51. The van der Waals surface area contributed by atoms with E-state index in [-0.39, 0.29) is 23.3 Å². The average Bonchev–Trinajstić information content (AvgIpc) is 2.46. The highest BCUT2D eigenvalue weighted by molar-refractivity contribution is 5.88. The molecule has 1 aliphatic rings. The number of pyridine rings is 1. The van der Waals surface area contributed by atoms with Gasteiger partial charge in [-0.1, -0.05) is 12.8 Å². The maximum absolute atomic E-state index is 12.3. The molecule has 0 unspecified atom stereocenters. The summed E-state index contributed by atoms with van der Waals surface area (Å²) in [5.41, 5.74) is -0.228. The zero-order valence-corrected chi connectivity index (χ0v) is 11.3. The minimum absolute atomic E-state index is 0.00384. The van der Waals surface area contributed by atoms with E-state index < -0.39 is 5.97 Å². The highest BCUT2D eigenvalue weighted by Gasteiger charge is 2.28. The Kier molecular flexibility index (Phi) is 4.37. The number of methoxy groups -OCH3 is 2. The highest BCUT2D eigenvalue weighted by atomic mass is 16.5. The first kappa shape index (κ1) is 13.8. The van der Waals surface area contributed by atoms with Crippen LogP contribution in [0.25, 0.3) is 0 Å². The van der Waals surface area contributed by atoms with Gasteiger partial charge >= 0.3 is 5.97 Å². The van der Waals surface area contributed by atoms with Crippen LogP contribution in [0.4, 0.5) is 0 Å². The molecule has 104 valence electrons. The maximum Gasteiger partial charge on any atom is 0.343 e. The second kappa shape index (κ2) is 6.02. The fraction of sp³-hybridized carbons (Fsp3) is 0.571. The Hall–Kier alpha value is -1.62. The first-order valence-corrected chi connectivity index (χ1v) is 6.51. The van der Waals surface area contributed by atoms with Crippen LogP contribution in [0, 0.1) is 0 Å². The van der Waals surface area contributed by atoms with Crippen LogP contribution in [0.3, 0.4) is 0 Å². The molecule has 0 saturated heterocycles. The molecule has 1 aromatic rings. The summed E-state index contributed by atoms with van der Waals surface area (Å²) in [6.45, 7) is 0. The number of nitrogens with zero attached hydrogens (tertiary/aromatic N) is 1. The Bertz CT molecular complexity index is 508. The molecule has 5 heteroatoms. The molecule has 0 N–H and O–H groups in total. The van der Waals surface area contributed by atoms with E-state index in [1.54, 1.807) is 23.9 Å². The molecular formula is C14H19NO4. The lowest BCUT2D eigenvalue weighted by Crippen LogP contribution is -2.37. The summed E-state index contributed by atoms with van der Waals surface area (Å²) in [7, 11) is 2.94. The van der Waals surface area contributed by atoms with Crippen molar-refractivity contribution in [3.8, 4) is 0 Å². The first-order chi connectivity index (χ1) is 9.19. The van der Waals surface area contributed by atoms with Gasteiger partial charge in [-0.3, -0.25) is 4.79 Å². The highest BCUT2D eigenvalue weighted by Crippen LogP contribution is 2.29. The maximum atomic E-state index is 12.3. The van der Waals surface area contributed by atoms with Gasteiger partial charge in [0.15, 0.2) is 0 Å². The molecule has 1 aliphatic carbocycles. The number of hydrogen-bond acceptors (Lipinski definition) is 4. The summed E-state index contributed by atoms with van der Waals surface area (Å²) >= 11 is 0. The number of aromatic nitrogens is 1. The molecule has 19 heavy (non-hydrogen) atoms. The topological polar surface area (TPSA) is 57.5 Å². The van der Waals surface area contributed by atoms with Crippen molar-refractivity contribution in [2.75, 3.05) is 14.2 Å². The fourth-order valence-electron chi connectivity index (χ4n) is 2.71. The SMILES string of the molecule is COC(=O)c1cccn([C@H]2CCCC[C@H]2OC)c1=O. The van der Waals surface area contributed by atoms with E-state index in [0.717, 1.165) is 25.7 Å². The summed E-state index contributed by atoms with van der Waals surface area (Å²) in [4.78, 5) is 23.9. The molecule has 0 amide bonds. The Morgan fingerprint density at radius 1 is 1.32 bits per heavy atom. The lowest BCUT2D eigenvalue weighted by molar-refractivity contribution is 0.0274. The smallest absolute Gasteiger partial charge is 0.343 e. The van der Waals surface area contributed by atoms with E-state index in [9.17, 15) is 9.59 Å². The second-order valence-electron chi connectivity index (χ2n) is 4.75. The van der Waals surface area contributed by atoms with E-state index in [1.807, 2.05) is 0 Å². The predicted molar refractivity (Wildman–Crippen MR) is 70.3 cm³/mol. The molecule has 0 aliphatic heterocycles. The number of carbonyl (C=O) groups excluding carboxylic acids is 1. The van der Waals surface area contributed by atoms with Gasteiger partial charge in [-0.25, -0.2) is 4.79 Å². The van der Waals surface area contributed by atoms with Crippen molar-refractivity contribution in [3.63, 3.8) is 0 Å². The average molecular weight is 265 g/mol. The van der Waals surface area contributed by atoms with Gasteiger partial charge in [-0.05, 0) is 25.0 Å². The molecule has 1 fully saturated rings. The molecule has 1 aromatic heterocycles. The van der Waals surface area contributed by atoms with Crippen molar-refractivity contribution in [3.05, 3.63) is 34.2 Å². The van der Waals surface area contributed by atoms with Gasteiger partial charge in [0.25, 0.3) is 5.56 Å². The number of rotatable bonds is 3. The van der Waals surface area contributed by atoms with Crippen molar-refractivity contribution in [2.24, 2.45) is 0 Å². The zero-order chi connectivity index (χ0) is 13.8. The second-order valence-corrected chi connectivity index (χ2v) is 4.75. The summed E-state index contributed by atoms with van der Waals surface area (Å²) in [6, 6.07) is 3.19. The van der Waals surface area contributed by atoms with Gasteiger partial charge in [0.2, 0.25) is 0 Å². The Labute approximate surface area is 112 Å². The van der Waals surface area contributed by atoms with Crippen LogP contribution in [0.2, 0.25) is 0 Å². The summed E-state index contributed by atoms with van der Waals surface area (Å²) in [5.74, 6) is -0.593. The van der Waals surface area contributed by atoms with E-state index in [1.165, 1.54) is 13.2 Å². The minimum Gasteiger partial charge on any atom is -0.465 e. The van der Waals surface area contributed by atoms with Crippen LogP contribution >= 0.6 is 0 Å². The molecule has 2 rings (SSSR count). The summed E-state index contributed by atoms with van der Waals surface area (Å²) < 4.78 is 11.7. The van der Waals surface area contributed by atoms with Gasteiger partial charge in [-0.15, -0.1) is 0 Å². The molecular weight excluding hydrogens is 246 g/mol. The van der Waals surface area contributed by atoms with E-state index >= 15 is 0 Å². The van der Waals surface area contributed by atoms with Crippen molar-refractivity contribution in [1.29, 1.82) is 0 Å². The normalized spacial score (nSPS) is 23.1. The van der Waals surface area contributed by atoms with Gasteiger partial charge in [0, 0.05) is 13.3 Å². The van der Waals surface area contributed by atoms with Crippen molar-refractivity contribution >= 4 is 5.97 Å². The standard InChI is InChI=1S/C14H19NO4/c1-18-12-8-4-3-7-11(12)15-9-5-6-10(13(15)16)14(17)19-2/h5-6,9,11-12H,3-4,7-8H2,1-2H3/t11-,12+/m0/s1. The predicted octanol–water partition coefficient (Wildman–Crippen LogP) is 1.76. The molecule has 5 nitrogen and oxygen atoms in total. The number of hydrogen-bond donors (Lipinski definition) is 0. The van der Waals surface area contributed by atoms with Crippen LogP contribution in [0.1, 0.15) is 42.1 Å². The molecule has 0 radical (unpaired) electrons. The Balaban J connectivity index is 2.39. The monoisotopic (exact) mass is 265 g/mol. The van der Waals surface area contributed by atoms with Gasteiger partial charge in [0.05, 0.1) is 19.3 Å². The largest absolute Gasteiger partial charge is 0.465 e. The van der Waals surface area contributed by atoms with E-state index in [2.05, 4.69) is 4.74 Å². The molecule has 0 aromatic carbocycles. The fourth-order valence-corrected chi connectivity index (χ4v) is 2.71. The van der Waals surface area contributed by atoms with Crippen molar-refractivity contribution < 1.29 is 14.3 Å². The lowest BCUT2D eigenvalue weighted by atomic mass is 9.92. The third-order valence-corrected chi connectivity index (χ3v) is 3.71. The van der Waals surface area contributed by atoms with Crippen LogP contribution in [0.15, 0.2) is 23.1 Å². The van der Waals surface area contributed by atoms with E-state index in [0.29, 0.717) is 0 Å². The Morgan fingerprint density at radius 2 is 2.05 bits per heavy atom. The van der Waals surface area contributed by atoms with Crippen LogP contribution in [-0.2, 0) is 9.47 Å². The van der Waals surface area contributed by atoms with Gasteiger partial charge < -0.3 is 14.0 Å². The Morgan fingerprint density at radius 3 is 2.74 bits per heavy atom. The molecule has 0 bridgehead atoms. The number of esters is 1. The van der Waals surface area contributed by atoms with Crippen molar-refractivity contribution in [1.82, 2.24) is 4.57 Å². The molecule has 2 atom stereocenters. The summed E-state index contributed by atoms with van der Waals surface area (Å²) in [6.07, 6.45) is 5.76. The minimum atomic E-state index is -0.593. The lowest BCUT2D eigenvalue weighted by Gasteiger charge is -2.31. The third kappa shape index (κ3) is 2.71. The molecule has 0 spiro atoms. The summed E-state index contributed by atoms with van der Waals surface area (Å²) in [5, 5.41) is 0. The van der Waals surface area contributed by atoms with Crippen molar-refractivity contribution in [2.45, 2.75) is 37.8 Å². The van der Waals surface area contributed by atoms with E-state index in [4.69, 9.17) is 4.74 Å².